The molecule has 1 amide bonds. The van der Waals surface area contributed by atoms with E-state index in [1.54, 1.807) is 6.08 Å². The Morgan fingerprint density at radius 2 is 1.26 bits per heavy atom. The van der Waals surface area contributed by atoms with Crippen LogP contribution >= 0.6 is 0 Å². The van der Waals surface area contributed by atoms with E-state index in [2.05, 4.69) is 25.2 Å². The molecular weight excluding hydrogens is 330 g/mol. The Morgan fingerprint density at radius 3 is 1.89 bits per heavy atom. The van der Waals surface area contributed by atoms with Gasteiger partial charge < -0.3 is 4.90 Å². The maximum atomic E-state index is 12.0. The van der Waals surface area contributed by atoms with Crippen LogP contribution in [0.4, 0.5) is 0 Å². The van der Waals surface area contributed by atoms with Crippen molar-refractivity contribution < 1.29 is 4.79 Å². The average Bonchev–Trinajstić information content (AvgIpc) is 2.70. The Labute approximate surface area is 168 Å². The second-order valence-electron chi connectivity index (χ2n) is 7.84. The summed E-state index contributed by atoms with van der Waals surface area (Å²) >= 11 is 0. The summed E-state index contributed by atoms with van der Waals surface area (Å²) in [7, 11) is 0. The number of piperidine rings is 1. The lowest BCUT2D eigenvalue weighted by Gasteiger charge is -2.25. The highest BCUT2D eigenvalue weighted by Gasteiger charge is 2.12. The molecule has 0 atom stereocenters. The highest BCUT2D eigenvalue weighted by molar-refractivity contribution is 5.87. The van der Waals surface area contributed by atoms with E-state index in [4.69, 9.17) is 0 Å². The van der Waals surface area contributed by atoms with E-state index in [1.165, 1.54) is 77.0 Å². The molecule has 2 heteroatoms. The van der Waals surface area contributed by atoms with Crippen molar-refractivity contribution in [3.8, 4) is 0 Å². The van der Waals surface area contributed by atoms with E-state index in [1.807, 2.05) is 17.1 Å². The van der Waals surface area contributed by atoms with Gasteiger partial charge in [-0.05, 0) is 57.8 Å². The minimum atomic E-state index is 0.176. The summed E-state index contributed by atoms with van der Waals surface area (Å²) in [5.41, 5.74) is 0. The highest BCUT2D eigenvalue weighted by atomic mass is 16.2. The zero-order valence-electron chi connectivity index (χ0n) is 17.8. The van der Waals surface area contributed by atoms with Crippen LogP contribution in [0.15, 0.2) is 36.5 Å². The molecule has 1 rings (SSSR count). The molecular formula is C25H43NO. The fourth-order valence-corrected chi connectivity index (χ4v) is 3.51. The van der Waals surface area contributed by atoms with Gasteiger partial charge in [0.2, 0.25) is 5.91 Å². The van der Waals surface area contributed by atoms with Crippen LogP contribution in [0.2, 0.25) is 0 Å². The SMILES string of the molecule is CCCCCC=CCCCCCCCCC=CC=CC(=O)N1CCCCC1. The Balaban J connectivity index is 1.86. The van der Waals surface area contributed by atoms with Crippen LogP contribution in [0.1, 0.15) is 103 Å². The molecule has 0 unspecified atom stereocenters. The van der Waals surface area contributed by atoms with Crippen LogP contribution in [-0.2, 0) is 4.79 Å². The first-order valence-corrected chi connectivity index (χ1v) is 11.6. The lowest BCUT2D eigenvalue weighted by atomic mass is 10.1. The summed E-state index contributed by atoms with van der Waals surface area (Å²) in [5.74, 6) is 0.176. The lowest BCUT2D eigenvalue weighted by Crippen LogP contribution is -2.34. The molecule has 0 aliphatic carbocycles. The molecule has 1 aliphatic heterocycles. The summed E-state index contributed by atoms with van der Waals surface area (Å²) in [6.45, 7) is 4.13. The van der Waals surface area contributed by atoms with E-state index < -0.39 is 0 Å². The molecule has 0 aromatic rings. The fraction of sp³-hybridized carbons (Fsp3) is 0.720. The van der Waals surface area contributed by atoms with E-state index >= 15 is 0 Å². The fourth-order valence-electron chi connectivity index (χ4n) is 3.51. The second kappa shape index (κ2) is 18.1. The van der Waals surface area contributed by atoms with Gasteiger partial charge in [0.05, 0.1) is 0 Å². The van der Waals surface area contributed by atoms with Crippen LogP contribution < -0.4 is 0 Å². The molecule has 2 nitrogen and oxygen atoms in total. The number of amides is 1. The maximum Gasteiger partial charge on any atom is 0.246 e. The number of carbonyl (C=O) groups is 1. The van der Waals surface area contributed by atoms with Crippen LogP contribution in [0.5, 0.6) is 0 Å². The Hall–Kier alpha value is -1.31. The Bertz CT molecular complexity index is 430. The van der Waals surface area contributed by atoms with Gasteiger partial charge in [-0.3, -0.25) is 4.79 Å². The topological polar surface area (TPSA) is 20.3 Å². The number of hydrogen-bond acceptors (Lipinski definition) is 1. The molecule has 0 spiro atoms. The number of rotatable bonds is 15. The minimum absolute atomic E-state index is 0.176. The average molecular weight is 374 g/mol. The molecule has 1 fully saturated rings. The minimum Gasteiger partial charge on any atom is -0.339 e. The van der Waals surface area contributed by atoms with Gasteiger partial charge in [0.15, 0.2) is 0 Å². The lowest BCUT2D eigenvalue weighted by molar-refractivity contribution is -0.126. The quantitative estimate of drug-likeness (QED) is 0.127. The van der Waals surface area contributed by atoms with Crippen molar-refractivity contribution in [1.82, 2.24) is 4.90 Å². The number of carbonyl (C=O) groups excluding carboxylic acids is 1. The molecule has 0 bridgehead atoms. The van der Waals surface area contributed by atoms with E-state index in [0.717, 1.165) is 32.4 Å². The smallest absolute Gasteiger partial charge is 0.246 e. The van der Waals surface area contributed by atoms with Crippen LogP contribution in [-0.4, -0.2) is 23.9 Å². The van der Waals surface area contributed by atoms with Crippen molar-refractivity contribution in [2.24, 2.45) is 0 Å². The van der Waals surface area contributed by atoms with E-state index in [9.17, 15) is 4.79 Å². The van der Waals surface area contributed by atoms with Crippen LogP contribution in [0, 0.1) is 0 Å². The maximum absolute atomic E-state index is 12.0. The summed E-state index contributed by atoms with van der Waals surface area (Å²) in [5, 5.41) is 0. The van der Waals surface area contributed by atoms with Crippen LogP contribution in [0.3, 0.4) is 0 Å². The molecule has 0 saturated carbocycles. The third-order valence-electron chi connectivity index (χ3n) is 5.29. The number of allylic oxidation sites excluding steroid dienone is 5. The molecule has 0 aromatic carbocycles. The van der Waals surface area contributed by atoms with Gasteiger partial charge >= 0.3 is 0 Å². The predicted molar refractivity (Wildman–Crippen MR) is 119 cm³/mol. The third kappa shape index (κ3) is 14.4. The number of unbranched alkanes of at least 4 members (excludes halogenated alkanes) is 10. The normalized spacial score (nSPS) is 15.5. The third-order valence-corrected chi connectivity index (χ3v) is 5.29. The number of hydrogen-bond donors (Lipinski definition) is 0. The predicted octanol–water partition coefficient (Wildman–Crippen LogP) is 7.37. The summed E-state index contributed by atoms with van der Waals surface area (Å²) in [6.07, 6.45) is 31.9. The van der Waals surface area contributed by atoms with E-state index in [0.29, 0.717) is 0 Å². The Kier molecular flexibility index (Phi) is 15.9. The highest BCUT2D eigenvalue weighted by Crippen LogP contribution is 2.10. The second-order valence-corrected chi connectivity index (χ2v) is 7.84. The standard InChI is InChI=1S/C25H43NO/c1-2-3-4-5-6-7-8-9-10-11-12-13-14-15-16-17-19-22-25(27)26-23-20-18-21-24-26/h6-7,16-17,19,22H,2-5,8-15,18,20-21,23-24H2,1H3. The van der Waals surface area contributed by atoms with Gasteiger partial charge in [-0.15, -0.1) is 0 Å². The van der Waals surface area contributed by atoms with Gasteiger partial charge in [-0.2, -0.15) is 0 Å². The van der Waals surface area contributed by atoms with Crippen molar-refractivity contribution in [2.75, 3.05) is 13.1 Å². The first-order chi connectivity index (χ1) is 13.3. The first-order valence-electron chi connectivity index (χ1n) is 11.6. The largest absolute Gasteiger partial charge is 0.339 e. The van der Waals surface area contributed by atoms with Crippen molar-refractivity contribution >= 4 is 5.91 Å². The van der Waals surface area contributed by atoms with Crippen LogP contribution in [0.25, 0.3) is 0 Å². The molecule has 154 valence electrons. The van der Waals surface area contributed by atoms with Gasteiger partial charge in [0, 0.05) is 19.2 Å². The molecule has 1 saturated heterocycles. The van der Waals surface area contributed by atoms with Gasteiger partial charge in [-0.1, -0.05) is 75.8 Å². The molecule has 1 aliphatic rings. The zero-order chi connectivity index (χ0) is 19.4. The van der Waals surface area contributed by atoms with Crippen molar-refractivity contribution in [2.45, 2.75) is 103 Å². The summed E-state index contributed by atoms with van der Waals surface area (Å²) < 4.78 is 0. The summed E-state index contributed by atoms with van der Waals surface area (Å²) in [4.78, 5) is 13.9. The monoisotopic (exact) mass is 373 g/mol. The van der Waals surface area contributed by atoms with Gasteiger partial charge in [-0.25, -0.2) is 0 Å². The molecule has 1 heterocycles. The van der Waals surface area contributed by atoms with Crippen molar-refractivity contribution in [1.29, 1.82) is 0 Å². The zero-order valence-corrected chi connectivity index (χ0v) is 17.8. The van der Waals surface area contributed by atoms with Crippen molar-refractivity contribution in [3.05, 3.63) is 36.5 Å². The molecule has 0 radical (unpaired) electrons. The van der Waals surface area contributed by atoms with Gasteiger partial charge in [0.25, 0.3) is 0 Å². The molecule has 0 N–H and O–H groups in total. The Morgan fingerprint density at radius 1 is 0.704 bits per heavy atom. The first kappa shape index (κ1) is 23.7. The number of nitrogens with zero attached hydrogens (tertiary/aromatic N) is 1. The molecule has 27 heavy (non-hydrogen) atoms. The van der Waals surface area contributed by atoms with Crippen molar-refractivity contribution in [3.63, 3.8) is 0 Å². The van der Waals surface area contributed by atoms with Gasteiger partial charge in [0.1, 0.15) is 0 Å². The number of likely N-dealkylation sites (tertiary alicyclic amines) is 1. The summed E-state index contributed by atoms with van der Waals surface area (Å²) in [6, 6.07) is 0. The molecule has 0 aromatic heterocycles. The van der Waals surface area contributed by atoms with E-state index in [-0.39, 0.29) is 5.91 Å².